The van der Waals surface area contributed by atoms with E-state index in [1.807, 2.05) is 0 Å². The first kappa shape index (κ1) is 12.3. The summed E-state index contributed by atoms with van der Waals surface area (Å²) in [6.07, 6.45) is 0.618. The zero-order valence-electron chi connectivity index (χ0n) is 7.17. The van der Waals surface area contributed by atoms with Crippen molar-refractivity contribution in [3.05, 3.63) is 18.0 Å². The molecule has 0 aliphatic heterocycles. The van der Waals surface area contributed by atoms with Crippen LogP contribution in [-0.4, -0.2) is 34.9 Å². The number of carboxylic acid groups (broad SMARTS) is 1. The first-order valence-electron chi connectivity index (χ1n) is 3.44. The highest BCUT2D eigenvalue weighted by Crippen LogP contribution is 2.22. The number of aromatic carboxylic acids is 1. The van der Waals surface area contributed by atoms with Gasteiger partial charge >= 0.3 is 21.6 Å². The van der Waals surface area contributed by atoms with E-state index in [-0.39, 0.29) is 4.85 Å². The summed E-state index contributed by atoms with van der Waals surface area (Å²) in [6.45, 7) is 0. The molecule has 0 aliphatic carbocycles. The van der Waals surface area contributed by atoms with Gasteiger partial charge in [0, 0.05) is 0 Å². The van der Waals surface area contributed by atoms with Crippen LogP contribution in [0.4, 0.5) is 13.2 Å². The summed E-state index contributed by atoms with van der Waals surface area (Å²) in [5.41, 5.74) is -6.26. The van der Waals surface area contributed by atoms with Gasteiger partial charge in [0.1, 0.15) is 0 Å². The normalized spacial score (nSPS) is 12.4. The molecule has 0 spiro atoms. The van der Waals surface area contributed by atoms with Crippen LogP contribution < -0.4 is 4.28 Å². The number of carbonyl (C=O) groups is 1. The van der Waals surface area contributed by atoms with Crippen molar-refractivity contribution in [3.8, 4) is 0 Å². The summed E-state index contributed by atoms with van der Waals surface area (Å²) in [7, 11) is -5.86. The monoisotopic (exact) mass is 260 g/mol. The van der Waals surface area contributed by atoms with Crippen molar-refractivity contribution in [2.45, 2.75) is 5.51 Å². The van der Waals surface area contributed by atoms with Gasteiger partial charge in [-0.25, -0.2) is 4.79 Å². The van der Waals surface area contributed by atoms with Gasteiger partial charge in [-0.3, -0.25) is 4.28 Å². The quantitative estimate of drug-likeness (QED) is 0.759. The summed E-state index contributed by atoms with van der Waals surface area (Å²) in [4.78, 5) is 10.2. The van der Waals surface area contributed by atoms with Crippen molar-refractivity contribution in [3.63, 3.8) is 0 Å². The van der Waals surface area contributed by atoms with Gasteiger partial charge in [0.15, 0.2) is 5.69 Å². The van der Waals surface area contributed by atoms with E-state index >= 15 is 0 Å². The molecule has 1 aromatic heterocycles. The van der Waals surface area contributed by atoms with Crippen LogP contribution in [-0.2, 0) is 10.1 Å². The standard InChI is InChI=1S/C5H3F3N2O5S/c6-5(7,8)16(13,14)15-10-2-1-3(9-10)4(11)12/h1-2H,(H,11,12). The van der Waals surface area contributed by atoms with E-state index in [9.17, 15) is 26.4 Å². The molecule has 1 rings (SSSR count). The predicted molar refractivity (Wildman–Crippen MR) is 40.7 cm³/mol. The number of alkyl halides is 3. The highest BCUT2D eigenvalue weighted by atomic mass is 32.2. The Kier molecular flexibility index (Phi) is 2.81. The molecule has 0 atom stereocenters. The molecule has 1 aromatic rings. The summed E-state index contributed by atoms with van der Waals surface area (Å²) in [5, 5.41) is 11.3. The Morgan fingerprint density at radius 1 is 1.50 bits per heavy atom. The third-order valence-corrected chi connectivity index (χ3v) is 2.16. The molecule has 1 N–H and O–H groups in total. The Morgan fingerprint density at radius 2 is 2.06 bits per heavy atom. The third-order valence-electron chi connectivity index (χ3n) is 1.24. The molecule has 0 amide bonds. The Balaban J connectivity index is 2.94. The number of carboxylic acids is 1. The number of rotatable bonds is 3. The first-order chi connectivity index (χ1) is 7.13. The maximum Gasteiger partial charge on any atom is 0.536 e. The van der Waals surface area contributed by atoms with Gasteiger partial charge in [-0.05, 0) is 6.07 Å². The summed E-state index contributed by atoms with van der Waals surface area (Å²) >= 11 is 0. The van der Waals surface area contributed by atoms with Gasteiger partial charge in [-0.1, -0.05) is 4.85 Å². The van der Waals surface area contributed by atoms with Gasteiger partial charge < -0.3 is 5.11 Å². The smallest absolute Gasteiger partial charge is 0.476 e. The average molecular weight is 260 g/mol. The topological polar surface area (TPSA) is 98.5 Å². The Morgan fingerprint density at radius 3 is 2.44 bits per heavy atom. The lowest BCUT2D eigenvalue weighted by atomic mass is 10.5. The number of hydrogen-bond donors (Lipinski definition) is 1. The molecule has 0 fully saturated rings. The van der Waals surface area contributed by atoms with Crippen molar-refractivity contribution in [2.24, 2.45) is 0 Å². The van der Waals surface area contributed by atoms with Crippen LogP contribution in [0.1, 0.15) is 10.5 Å². The third kappa shape index (κ3) is 2.42. The van der Waals surface area contributed by atoms with Gasteiger partial charge in [0.2, 0.25) is 0 Å². The summed E-state index contributed by atoms with van der Waals surface area (Å²) in [5.74, 6) is -1.54. The van der Waals surface area contributed by atoms with Gasteiger partial charge in [0.25, 0.3) is 0 Å². The van der Waals surface area contributed by atoms with E-state index in [0.717, 1.165) is 6.07 Å². The van der Waals surface area contributed by atoms with Crippen LogP contribution >= 0.6 is 0 Å². The van der Waals surface area contributed by atoms with Crippen molar-refractivity contribution in [1.82, 2.24) is 9.94 Å². The molecule has 90 valence electrons. The molecule has 7 nitrogen and oxygen atoms in total. The molecule has 0 unspecified atom stereocenters. The Labute approximate surface area is 86.1 Å². The molecule has 0 aliphatic rings. The lowest BCUT2D eigenvalue weighted by Crippen LogP contribution is -2.33. The van der Waals surface area contributed by atoms with E-state index in [2.05, 4.69) is 9.38 Å². The van der Waals surface area contributed by atoms with Crippen LogP contribution in [0.2, 0.25) is 0 Å². The van der Waals surface area contributed by atoms with Crippen molar-refractivity contribution >= 4 is 16.1 Å². The van der Waals surface area contributed by atoms with E-state index in [0.29, 0.717) is 6.20 Å². The number of nitrogens with zero attached hydrogens (tertiary/aromatic N) is 2. The minimum absolute atomic E-state index is 0.105. The lowest BCUT2D eigenvalue weighted by molar-refractivity contribution is -0.0556. The minimum Gasteiger partial charge on any atom is -0.476 e. The maximum absolute atomic E-state index is 11.8. The molecule has 16 heavy (non-hydrogen) atoms. The van der Waals surface area contributed by atoms with Crippen LogP contribution in [0, 0.1) is 0 Å². The SMILES string of the molecule is O=C(O)c1ccn(OS(=O)(=O)C(F)(F)F)n1. The Hall–Kier alpha value is -1.78. The Bertz CT molecular complexity index is 504. The van der Waals surface area contributed by atoms with Crippen LogP contribution in [0.25, 0.3) is 0 Å². The highest BCUT2D eigenvalue weighted by molar-refractivity contribution is 7.87. The molecule has 11 heteroatoms. The van der Waals surface area contributed by atoms with Crippen LogP contribution in [0.5, 0.6) is 0 Å². The molecule has 0 saturated carbocycles. The van der Waals surface area contributed by atoms with E-state index in [4.69, 9.17) is 5.11 Å². The number of hydrogen-bond acceptors (Lipinski definition) is 5. The van der Waals surface area contributed by atoms with Crippen LogP contribution in [0.15, 0.2) is 12.3 Å². The van der Waals surface area contributed by atoms with Crippen LogP contribution in [0.3, 0.4) is 0 Å². The van der Waals surface area contributed by atoms with Gasteiger partial charge in [-0.15, -0.1) is 5.10 Å². The predicted octanol–water partition coefficient (Wildman–Crippen LogP) is -0.140. The number of halogens is 3. The molecular formula is C5H3F3N2O5S. The van der Waals surface area contributed by atoms with Gasteiger partial charge in [-0.2, -0.15) is 21.6 Å². The molecule has 0 radical (unpaired) electrons. The molecule has 0 saturated heterocycles. The van der Waals surface area contributed by atoms with E-state index < -0.39 is 27.3 Å². The molecule has 0 bridgehead atoms. The second-order valence-corrected chi connectivity index (χ2v) is 3.90. The molecular weight excluding hydrogens is 257 g/mol. The first-order valence-corrected chi connectivity index (χ1v) is 4.84. The van der Waals surface area contributed by atoms with Crippen molar-refractivity contribution < 1.29 is 35.8 Å². The largest absolute Gasteiger partial charge is 0.536 e. The minimum atomic E-state index is -5.86. The molecule has 0 aromatic carbocycles. The fourth-order valence-corrected chi connectivity index (χ4v) is 0.974. The second kappa shape index (κ2) is 3.66. The second-order valence-electron chi connectivity index (χ2n) is 2.38. The van der Waals surface area contributed by atoms with E-state index in [1.165, 1.54) is 0 Å². The summed E-state index contributed by atoms with van der Waals surface area (Å²) < 4.78 is 59.8. The number of aromatic nitrogens is 2. The van der Waals surface area contributed by atoms with Crippen molar-refractivity contribution in [2.75, 3.05) is 0 Å². The fourth-order valence-electron chi connectivity index (χ4n) is 0.606. The highest BCUT2D eigenvalue weighted by Gasteiger charge is 2.49. The summed E-state index contributed by atoms with van der Waals surface area (Å²) in [6, 6.07) is 0.772. The fraction of sp³-hybridized carbons (Fsp3) is 0.200. The average Bonchev–Trinajstić information content (AvgIpc) is 2.49. The zero-order valence-corrected chi connectivity index (χ0v) is 7.99. The van der Waals surface area contributed by atoms with E-state index in [1.54, 1.807) is 0 Å². The molecule has 1 heterocycles. The zero-order chi connectivity index (χ0) is 12.6. The van der Waals surface area contributed by atoms with Gasteiger partial charge in [0.05, 0.1) is 6.20 Å². The lowest BCUT2D eigenvalue weighted by Gasteiger charge is -2.07. The maximum atomic E-state index is 11.8. The van der Waals surface area contributed by atoms with Crippen molar-refractivity contribution in [1.29, 1.82) is 0 Å².